The van der Waals surface area contributed by atoms with Crippen LogP contribution < -0.4 is 0 Å². The van der Waals surface area contributed by atoms with Gasteiger partial charge in [-0.05, 0) is 18.6 Å². The molecule has 21 heavy (non-hydrogen) atoms. The van der Waals surface area contributed by atoms with Gasteiger partial charge in [0.15, 0.2) is 0 Å². The third-order valence-corrected chi connectivity index (χ3v) is 3.72. The maximum atomic E-state index is 12.9. The summed E-state index contributed by atoms with van der Waals surface area (Å²) in [6, 6.07) is 6.54. The van der Waals surface area contributed by atoms with Gasteiger partial charge in [-0.25, -0.2) is 0 Å². The summed E-state index contributed by atoms with van der Waals surface area (Å²) in [5, 5.41) is 8.93. The van der Waals surface area contributed by atoms with Crippen LogP contribution in [0.1, 0.15) is 15.9 Å². The Bertz CT molecular complexity index is 571. The van der Waals surface area contributed by atoms with Crippen molar-refractivity contribution in [3.05, 3.63) is 35.4 Å². The van der Waals surface area contributed by atoms with Crippen LogP contribution in [0.15, 0.2) is 24.3 Å². The number of halogens is 3. The molecule has 1 aliphatic rings. The number of nitrogens with zero attached hydrogens (tertiary/aromatic N) is 1. The van der Waals surface area contributed by atoms with Gasteiger partial charge in [-0.2, -0.15) is 13.2 Å². The quantitative estimate of drug-likeness (QED) is 0.912. The molecule has 7 heteroatoms. The summed E-state index contributed by atoms with van der Waals surface area (Å²) in [5.74, 6) is -5.73. The summed E-state index contributed by atoms with van der Waals surface area (Å²) in [7, 11) is 0. The van der Waals surface area contributed by atoms with Crippen LogP contribution in [0.5, 0.6) is 0 Å². The van der Waals surface area contributed by atoms with E-state index in [1.165, 1.54) is 6.07 Å². The molecule has 1 heterocycles. The van der Waals surface area contributed by atoms with Gasteiger partial charge in [0, 0.05) is 18.7 Å². The Morgan fingerprint density at radius 2 is 1.86 bits per heavy atom. The zero-order valence-corrected chi connectivity index (χ0v) is 11.2. The second kappa shape index (κ2) is 5.38. The molecule has 1 aromatic rings. The minimum Gasteiger partial charge on any atom is -0.481 e. The lowest BCUT2D eigenvalue weighted by Crippen LogP contribution is -2.34. The van der Waals surface area contributed by atoms with Gasteiger partial charge in [0.1, 0.15) is 0 Å². The molecule has 0 unspecified atom stereocenters. The fourth-order valence-corrected chi connectivity index (χ4v) is 2.53. The normalized spacial score (nSPS) is 22.4. The fourth-order valence-electron chi connectivity index (χ4n) is 2.53. The molecule has 1 saturated heterocycles. The molecule has 114 valence electrons. The number of hydrogen-bond donors (Lipinski definition) is 1. The molecule has 2 rings (SSSR count). The molecule has 0 saturated carbocycles. The number of carboxylic acids is 1. The van der Waals surface area contributed by atoms with Gasteiger partial charge in [-0.15, -0.1) is 0 Å². The highest BCUT2D eigenvalue weighted by atomic mass is 19.4. The van der Waals surface area contributed by atoms with Gasteiger partial charge < -0.3 is 10.0 Å². The summed E-state index contributed by atoms with van der Waals surface area (Å²) >= 11 is 0. The highest BCUT2D eigenvalue weighted by Gasteiger charge is 2.53. The number of carbonyl (C=O) groups is 2. The first-order valence-corrected chi connectivity index (χ1v) is 6.36. The lowest BCUT2D eigenvalue weighted by molar-refractivity contribution is -0.187. The topological polar surface area (TPSA) is 57.6 Å². The van der Waals surface area contributed by atoms with E-state index in [2.05, 4.69) is 0 Å². The highest BCUT2D eigenvalue weighted by Crippen LogP contribution is 2.38. The number of rotatable bonds is 2. The Labute approximate surface area is 119 Å². The third kappa shape index (κ3) is 3.01. The molecule has 1 fully saturated rings. The number of aliphatic carboxylic acids is 1. The third-order valence-electron chi connectivity index (χ3n) is 3.72. The molecular weight excluding hydrogens is 287 g/mol. The van der Waals surface area contributed by atoms with Gasteiger partial charge in [-0.1, -0.05) is 18.2 Å². The molecule has 1 amide bonds. The zero-order chi connectivity index (χ0) is 15.8. The van der Waals surface area contributed by atoms with Crippen LogP contribution in [0.25, 0.3) is 0 Å². The molecule has 0 aromatic heterocycles. The summed E-state index contributed by atoms with van der Waals surface area (Å²) in [5.41, 5.74) is 0.939. The lowest BCUT2D eigenvalue weighted by atomic mass is 9.96. The van der Waals surface area contributed by atoms with Crippen LogP contribution in [0.4, 0.5) is 13.2 Å². The SMILES string of the molecule is Cc1ccccc1C(=O)N1C[C@@H](C(F)(F)F)[C@H](C(=O)O)C1. The largest absolute Gasteiger partial charge is 0.481 e. The number of carboxylic acid groups (broad SMARTS) is 1. The summed E-state index contributed by atoms with van der Waals surface area (Å²) in [6.07, 6.45) is -4.64. The Morgan fingerprint density at radius 1 is 1.24 bits per heavy atom. The molecule has 4 nitrogen and oxygen atoms in total. The van der Waals surface area contributed by atoms with Crippen LogP contribution >= 0.6 is 0 Å². The Hall–Kier alpha value is -2.05. The first kappa shape index (κ1) is 15.3. The number of alkyl halides is 3. The molecule has 1 aliphatic heterocycles. The van der Waals surface area contributed by atoms with Gasteiger partial charge in [0.25, 0.3) is 5.91 Å². The molecule has 0 radical (unpaired) electrons. The zero-order valence-electron chi connectivity index (χ0n) is 11.2. The fraction of sp³-hybridized carbons (Fsp3) is 0.429. The van der Waals surface area contributed by atoms with Crippen molar-refractivity contribution in [1.29, 1.82) is 0 Å². The van der Waals surface area contributed by atoms with Crippen LogP contribution in [0, 0.1) is 18.8 Å². The van der Waals surface area contributed by atoms with Gasteiger partial charge in [0.2, 0.25) is 0 Å². The van der Waals surface area contributed by atoms with E-state index >= 15 is 0 Å². The number of amides is 1. The van der Waals surface area contributed by atoms with Crippen LogP contribution in [-0.2, 0) is 4.79 Å². The van der Waals surface area contributed by atoms with E-state index in [-0.39, 0.29) is 0 Å². The first-order valence-electron chi connectivity index (χ1n) is 6.36. The Morgan fingerprint density at radius 3 is 2.33 bits per heavy atom. The van der Waals surface area contributed by atoms with Crippen molar-refractivity contribution >= 4 is 11.9 Å². The standard InChI is InChI=1S/C14H14F3NO3/c1-8-4-2-3-5-9(8)12(19)18-6-10(13(20)21)11(7-18)14(15,16)17/h2-5,10-11H,6-7H2,1H3,(H,20,21)/t10-,11-/m1/s1. The predicted octanol–water partition coefficient (Wildman–Crippen LogP) is 2.33. The molecular formula is C14H14F3NO3. The van der Waals surface area contributed by atoms with Gasteiger partial charge >= 0.3 is 12.1 Å². The van der Waals surface area contributed by atoms with E-state index < -0.39 is 43.0 Å². The van der Waals surface area contributed by atoms with Crippen molar-refractivity contribution in [3.8, 4) is 0 Å². The average molecular weight is 301 g/mol. The number of aryl methyl sites for hydroxylation is 1. The smallest absolute Gasteiger partial charge is 0.394 e. The molecule has 1 N–H and O–H groups in total. The van der Waals surface area contributed by atoms with Crippen LogP contribution in [0.3, 0.4) is 0 Å². The number of hydrogen-bond acceptors (Lipinski definition) is 2. The van der Waals surface area contributed by atoms with Crippen LogP contribution in [-0.4, -0.2) is 41.1 Å². The van der Waals surface area contributed by atoms with Crippen LogP contribution in [0.2, 0.25) is 0 Å². The highest BCUT2D eigenvalue weighted by molar-refractivity contribution is 5.96. The van der Waals surface area contributed by atoms with E-state index in [1.807, 2.05) is 0 Å². The second-order valence-corrected chi connectivity index (χ2v) is 5.12. The van der Waals surface area contributed by atoms with Crippen molar-refractivity contribution in [2.24, 2.45) is 11.8 Å². The average Bonchev–Trinajstić information content (AvgIpc) is 2.83. The number of likely N-dealkylation sites (tertiary alicyclic amines) is 1. The lowest BCUT2D eigenvalue weighted by Gasteiger charge is -2.19. The summed E-state index contributed by atoms with van der Waals surface area (Å²) < 4.78 is 38.7. The first-order chi connectivity index (χ1) is 9.71. The summed E-state index contributed by atoms with van der Waals surface area (Å²) in [6.45, 7) is 0.638. The number of carbonyl (C=O) groups excluding carboxylic acids is 1. The predicted molar refractivity (Wildman–Crippen MR) is 67.8 cm³/mol. The maximum absolute atomic E-state index is 12.9. The van der Waals surface area contributed by atoms with Crippen molar-refractivity contribution in [3.63, 3.8) is 0 Å². The minimum absolute atomic E-state index is 0.296. The number of benzene rings is 1. The Kier molecular flexibility index (Phi) is 3.93. The van der Waals surface area contributed by atoms with Crippen molar-refractivity contribution in [1.82, 2.24) is 4.90 Å². The van der Waals surface area contributed by atoms with Crippen molar-refractivity contribution < 1.29 is 27.9 Å². The monoisotopic (exact) mass is 301 g/mol. The van der Waals surface area contributed by atoms with Crippen molar-refractivity contribution in [2.45, 2.75) is 13.1 Å². The van der Waals surface area contributed by atoms with E-state index in [0.717, 1.165) is 4.90 Å². The Balaban J connectivity index is 2.25. The van der Waals surface area contributed by atoms with E-state index in [0.29, 0.717) is 11.1 Å². The molecule has 2 atom stereocenters. The van der Waals surface area contributed by atoms with Crippen molar-refractivity contribution in [2.75, 3.05) is 13.1 Å². The second-order valence-electron chi connectivity index (χ2n) is 5.12. The van der Waals surface area contributed by atoms with Gasteiger partial charge in [0.05, 0.1) is 11.8 Å². The maximum Gasteiger partial charge on any atom is 0.394 e. The van der Waals surface area contributed by atoms with Gasteiger partial charge in [-0.3, -0.25) is 9.59 Å². The molecule has 1 aromatic carbocycles. The summed E-state index contributed by atoms with van der Waals surface area (Å²) in [4.78, 5) is 24.2. The van der Waals surface area contributed by atoms with E-state index in [4.69, 9.17) is 5.11 Å². The minimum atomic E-state index is -4.64. The molecule has 0 spiro atoms. The molecule has 0 aliphatic carbocycles. The van der Waals surface area contributed by atoms with E-state index in [9.17, 15) is 22.8 Å². The van der Waals surface area contributed by atoms with E-state index in [1.54, 1.807) is 25.1 Å². The molecule has 0 bridgehead atoms.